The van der Waals surface area contributed by atoms with Gasteiger partial charge in [-0.15, -0.1) is 0 Å². The molecule has 0 saturated heterocycles. The summed E-state index contributed by atoms with van der Waals surface area (Å²) in [6.45, 7) is 6.34. The van der Waals surface area contributed by atoms with E-state index in [1.165, 1.54) is 16.7 Å². The average Bonchev–Trinajstić information content (AvgIpc) is 2.72. The number of aryl methyl sites for hydroxylation is 3. The first-order chi connectivity index (χ1) is 8.66. The lowest BCUT2D eigenvalue weighted by molar-refractivity contribution is 1.02. The number of benzene rings is 1. The van der Waals surface area contributed by atoms with Crippen LogP contribution in [0.3, 0.4) is 0 Å². The molecule has 0 spiro atoms. The maximum atomic E-state index is 4.34. The van der Waals surface area contributed by atoms with E-state index < -0.39 is 0 Å². The Morgan fingerprint density at radius 1 is 1.00 bits per heavy atom. The Morgan fingerprint density at radius 3 is 2.44 bits per heavy atom. The van der Waals surface area contributed by atoms with Crippen LogP contribution in [0.2, 0.25) is 0 Å². The zero-order valence-electron chi connectivity index (χ0n) is 10.7. The van der Waals surface area contributed by atoms with E-state index in [2.05, 4.69) is 47.9 Å². The largest absolute Gasteiger partial charge is 0.283 e. The number of hydrogen-bond acceptors (Lipinski definition) is 3. The highest BCUT2D eigenvalue weighted by atomic mass is 15.1. The second-order valence-corrected chi connectivity index (χ2v) is 4.59. The van der Waals surface area contributed by atoms with Gasteiger partial charge in [-0.2, -0.15) is 0 Å². The quantitative estimate of drug-likeness (QED) is 0.654. The molecule has 2 heterocycles. The van der Waals surface area contributed by atoms with Crippen LogP contribution in [-0.4, -0.2) is 19.5 Å². The molecule has 2 aromatic heterocycles. The van der Waals surface area contributed by atoms with Gasteiger partial charge in [-0.05, 0) is 31.9 Å². The first kappa shape index (κ1) is 10.9. The highest BCUT2D eigenvalue weighted by Gasteiger charge is 2.10. The lowest BCUT2D eigenvalue weighted by atomic mass is 10.1. The topological polar surface area (TPSA) is 43.6 Å². The molecule has 0 N–H and O–H groups in total. The molecule has 0 fully saturated rings. The van der Waals surface area contributed by atoms with Crippen LogP contribution < -0.4 is 0 Å². The smallest absolute Gasteiger partial charge is 0.167 e. The third kappa shape index (κ3) is 1.57. The summed E-state index contributed by atoms with van der Waals surface area (Å²) in [5.74, 6) is 0. The van der Waals surface area contributed by atoms with Crippen LogP contribution in [0.4, 0.5) is 0 Å². The molecule has 0 atom stereocenters. The number of rotatable bonds is 1. The molecule has 0 aliphatic rings. The van der Waals surface area contributed by atoms with Crippen molar-refractivity contribution in [1.82, 2.24) is 19.5 Å². The minimum atomic E-state index is 0.817. The third-order valence-electron chi connectivity index (χ3n) is 3.09. The fourth-order valence-electron chi connectivity index (χ4n) is 2.48. The van der Waals surface area contributed by atoms with Crippen LogP contribution in [0.1, 0.15) is 16.7 Å². The first-order valence-corrected chi connectivity index (χ1v) is 5.88. The SMILES string of the molecule is Cc1cc(C)c(-n2cnc3cncnc32)c(C)c1. The summed E-state index contributed by atoms with van der Waals surface area (Å²) in [6, 6.07) is 4.35. The van der Waals surface area contributed by atoms with Crippen molar-refractivity contribution in [2.24, 2.45) is 0 Å². The molecule has 3 rings (SSSR count). The van der Waals surface area contributed by atoms with Gasteiger partial charge in [-0.25, -0.2) is 15.0 Å². The minimum Gasteiger partial charge on any atom is -0.283 e. The Morgan fingerprint density at radius 2 is 1.72 bits per heavy atom. The summed E-state index contributed by atoms with van der Waals surface area (Å²) in [5, 5.41) is 0. The minimum absolute atomic E-state index is 0.817. The summed E-state index contributed by atoms with van der Waals surface area (Å²) in [6.07, 6.45) is 5.10. The van der Waals surface area contributed by atoms with Crippen LogP contribution >= 0.6 is 0 Å². The van der Waals surface area contributed by atoms with E-state index in [1.807, 2.05) is 10.9 Å². The zero-order valence-corrected chi connectivity index (χ0v) is 10.7. The maximum absolute atomic E-state index is 4.34. The standard InChI is InChI=1S/C14H14N4/c1-9-4-10(2)13(11(3)5-9)18-8-17-12-6-15-7-16-14(12)18/h4-8H,1-3H3. The summed E-state index contributed by atoms with van der Waals surface area (Å²) < 4.78 is 2.03. The van der Waals surface area contributed by atoms with Crippen molar-refractivity contribution in [2.45, 2.75) is 20.8 Å². The zero-order chi connectivity index (χ0) is 12.7. The molecule has 0 amide bonds. The van der Waals surface area contributed by atoms with Crippen LogP contribution in [-0.2, 0) is 0 Å². The summed E-state index contributed by atoms with van der Waals surface area (Å²) in [5.41, 5.74) is 6.54. The molecule has 3 aromatic rings. The van der Waals surface area contributed by atoms with E-state index in [0.29, 0.717) is 0 Å². The van der Waals surface area contributed by atoms with E-state index in [4.69, 9.17) is 0 Å². The number of fused-ring (bicyclic) bond motifs is 1. The molecule has 18 heavy (non-hydrogen) atoms. The molecule has 0 aliphatic heterocycles. The average molecular weight is 238 g/mol. The molecule has 0 aliphatic carbocycles. The molecule has 0 bridgehead atoms. The fraction of sp³-hybridized carbons (Fsp3) is 0.214. The van der Waals surface area contributed by atoms with Crippen LogP contribution in [0.5, 0.6) is 0 Å². The van der Waals surface area contributed by atoms with E-state index in [-0.39, 0.29) is 0 Å². The predicted molar refractivity (Wildman–Crippen MR) is 70.9 cm³/mol. The highest BCUT2D eigenvalue weighted by Crippen LogP contribution is 2.23. The number of nitrogens with zero attached hydrogens (tertiary/aromatic N) is 4. The molecule has 4 nitrogen and oxygen atoms in total. The van der Waals surface area contributed by atoms with E-state index in [9.17, 15) is 0 Å². The van der Waals surface area contributed by atoms with Gasteiger partial charge < -0.3 is 0 Å². The lowest BCUT2D eigenvalue weighted by Crippen LogP contribution is -2.00. The van der Waals surface area contributed by atoms with Gasteiger partial charge >= 0.3 is 0 Å². The number of aromatic nitrogens is 4. The molecular formula is C14H14N4. The van der Waals surface area contributed by atoms with Crippen LogP contribution in [0.25, 0.3) is 16.9 Å². The Kier molecular flexibility index (Phi) is 2.37. The second kappa shape index (κ2) is 3.91. The van der Waals surface area contributed by atoms with Gasteiger partial charge in [0.25, 0.3) is 0 Å². The Bertz CT molecular complexity index is 704. The molecular weight excluding hydrogens is 224 g/mol. The fourth-order valence-corrected chi connectivity index (χ4v) is 2.48. The first-order valence-electron chi connectivity index (χ1n) is 5.88. The van der Waals surface area contributed by atoms with Gasteiger partial charge in [0.1, 0.15) is 18.2 Å². The number of imidazole rings is 1. The third-order valence-corrected chi connectivity index (χ3v) is 3.09. The molecule has 1 aromatic carbocycles. The molecule has 90 valence electrons. The van der Waals surface area contributed by atoms with E-state index in [1.54, 1.807) is 12.5 Å². The van der Waals surface area contributed by atoms with Gasteiger partial charge in [0.05, 0.1) is 11.9 Å². The maximum Gasteiger partial charge on any atom is 0.167 e. The summed E-state index contributed by atoms with van der Waals surface area (Å²) in [4.78, 5) is 12.6. The summed E-state index contributed by atoms with van der Waals surface area (Å²) in [7, 11) is 0. The number of hydrogen-bond donors (Lipinski definition) is 0. The van der Waals surface area contributed by atoms with Gasteiger partial charge in [0, 0.05) is 0 Å². The van der Waals surface area contributed by atoms with Crippen molar-refractivity contribution in [3.63, 3.8) is 0 Å². The Balaban J connectivity index is 2.33. The van der Waals surface area contributed by atoms with Gasteiger partial charge in [0.15, 0.2) is 5.65 Å². The van der Waals surface area contributed by atoms with E-state index >= 15 is 0 Å². The Labute approximate surface area is 105 Å². The molecule has 0 unspecified atom stereocenters. The van der Waals surface area contributed by atoms with Crippen molar-refractivity contribution in [3.8, 4) is 5.69 Å². The predicted octanol–water partition coefficient (Wildman–Crippen LogP) is 2.74. The normalized spacial score (nSPS) is 11.1. The monoisotopic (exact) mass is 238 g/mol. The molecule has 0 radical (unpaired) electrons. The van der Waals surface area contributed by atoms with Crippen molar-refractivity contribution >= 4 is 11.2 Å². The van der Waals surface area contributed by atoms with Gasteiger partial charge in [0.2, 0.25) is 0 Å². The second-order valence-electron chi connectivity index (χ2n) is 4.59. The van der Waals surface area contributed by atoms with Crippen LogP contribution in [0, 0.1) is 20.8 Å². The molecule has 0 saturated carbocycles. The summed E-state index contributed by atoms with van der Waals surface area (Å²) >= 11 is 0. The van der Waals surface area contributed by atoms with Crippen molar-refractivity contribution in [2.75, 3.05) is 0 Å². The van der Waals surface area contributed by atoms with Gasteiger partial charge in [-0.1, -0.05) is 17.7 Å². The van der Waals surface area contributed by atoms with Crippen molar-refractivity contribution in [1.29, 1.82) is 0 Å². The Hall–Kier alpha value is -2.23. The van der Waals surface area contributed by atoms with Crippen LogP contribution in [0.15, 0.2) is 31.0 Å². The lowest BCUT2D eigenvalue weighted by Gasteiger charge is -2.12. The van der Waals surface area contributed by atoms with E-state index in [0.717, 1.165) is 16.9 Å². The van der Waals surface area contributed by atoms with Crippen molar-refractivity contribution in [3.05, 3.63) is 47.7 Å². The van der Waals surface area contributed by atoms with Crippen molar-refractivity contribution < 1.29 is 0 Å². The van der Waals surface area contributed by atoms with Gasteiger partial charge in [-0.3, -0.25) is 4.57 Å². The molecule has 4 heteroatoms. The highest BCUT2D eigenvalue weighted by molar-refractivity contribution is 5.72.